The lowest BCUT2D eigenvalue weighted by Crippen LogP contribution is -2.37. The summed E-state index contributed by atoms with van der Waals surface area (Å²) in [6, 6.07) is 6.61. The minimum atomic E-state index is 0.711. The number of hydrogen-bond donors (Lipinski definition) is 2. The standard InChI is InChI=1S/C18H26N4S/c1-12-6-7-16(13(2)10-12)8-9-20-18(19-5)21-11-17-22-14(3)15(4)23-17/h6-7,10H,8-9,11H2,1-5H3,(H2,19,20,21). The number of hydrogen-bond acceptors (Lipinski definition) is 3. The van der Waals surface area contributed by atoms with Gasteiger partial charge in [0.05, 0.1) is 12.2 Å². The fourth-order valence-corrected chi connectivity index (χ4v) is 3.31. The number of aliphatic imine (C=N–C) groups is 1. The minimum Gasteiger partial charge on any atom is -0.356 e. The van der Waals surface area contributed by atoms with Gasteiger partial charge in [0.25, 0.3) is 0 Å². The zero-order valence-electron chi connectivity index (χ0n) is 14.7. The highest BCUT2D eigenvalue weighted by Crippen LogP contribution is 2.15. The van der Waals surface area contributed by atoms with Gasteiger partial charge in [-0.3, -0.25) is 4.99 Å². The Kier molecular flexibility index (Phi) is 6.16. The maximum Gasteiger partial charge on any atom is 0.191 e. The summed E-state index contributed by atoms with van der Waals surface area (Å²) in [6.45, 7) is 10.0. The third-order valence-corrected chi connectivity index (χ3v) is 4.96. The number of thiazole rings is 1. The summed E-state index contributed by atoms with van der Waals surface area (Å²) in [5, 5.41) is 7.78. The number of aromatic nitrogens is 1. The Morgan fingerprint density at radius 1 is 1.17 bits per heavy atom. The van der Waals surface area contributed by atoms with E-state index in [4.69, 9.17) is 0 Å². The molecule has 5 heteroatoms. The van der Waals surface area contributed by atoms with Gasteiger partial charge in [-0.1, -0.05) is 23.8 Å². The van der Waals surface area contributed by atoms with E-state index in [-0.39, 0.29) is 0 Å². The van der Waals surface area contributed by atoms with Crippen LogP contribution in [0.4, 0.5) is 0 Å². The summed E-state index contributed by atoms with van der Waals surface area (Å²) in [4.78, 5) is 10.1. The Labute approximate surface area is 143 Å². The van der Waals surface area contributed by atoms with Crippen molar-refractivity contribution in [3.63, 3.8) is 0 Å². The van der Waals surface area contributed by atoms with Gasteiger partial charge in [-0.2, -0.15) is 0 Å². The average molecular weight is 331 g/mol. The summed E-state index contributed by atoms with van der Waals surface area (Å²) in [5.41, 5.74) is 5.16. The van der Waals surface area contributed by atoms with Gasteiger partial charge in [0.15, 0.2) is 5.96 Å². The van der Waals surface area contributed by atoms with Crippen LogP contribution in [0.2, 0.25) is 0 Å². The molecule has 23 heavy (non-hydrogen) atoms. The molecule has 0 aliphatic carbocycles. The lowest BCUT2D eigenvalue weighted by Gasteiger charge is -2.12. The van der Waals surface area contributed by atoms with Gasteiger partial charge >= 0.3 is 0 Å². The molecule has 0 amide bonds. The normalized spacial score (nSPS) is 11.6. The zero-order valence-corrected chi connectivity index (χ0v) is 15.5. The number of nitrogens with zero attached hydrogens (tertiary/aromatic N) is 2. The lowest BCUT2D eigenvalue weighted by atomic mass is 10.0. The van der Waals surface area contributed by atoms with Crippen molar-refractivity contribution < 1.29 is 0 Å². The first kappa shape index (κ1) is 17.5. The molecule has 1 aromatic heterocycles. The third-order valence-electron chi connectivity index (χ3n) is 3.89. The zero-order chi connectivity index (χ0) is 16.8. The number of guanidine groups is 1. The highest BCUT2D eigenvalue weighted by molar-refractivity contribution is 7.11. The minimum absolute atomic E-state index is 0.711. The van der Waals surface area contributed by atoms with Gasteiger partial charge in [-0.05, 0) is 45.2 Å². The second-order valence-electron chi connectivity index (χ2n) is 5.78. The Hall–Kier alpha value is -1.88. The molecule has 0 aliphatic rings. The fraction of sp³-hybridized carbons (Fsp3) is 0.444. The van der Waals surface area contributed by atoms with E-state index < -0.39 is 0 Å². The van der Waals surface area contributed by atoms with Crippen LogP contribution in [0, 0.1) is 27.7 Å². The van der Waals surface area contributed by atoms with Crippen LogP contribution in [0.25, 0.3) is 0 Å². The molecule has 0 radical (unpaired) electrons. The van der Waals surface area contributed by atoms with Gasteiger partial charge in [0.1, 0.15) is 5.01 Å². The smallest absolute Gasteiger partial charge is 0.191 e. The molecule has 2 N–H and O–H groups in total. The monoisotopic (exact) mass is 330 g/mol. The van der Waals surface area contributed by atoms with Crippen LogP contribution in [-0.2, 0) is 13.0 Å². The first-order chi connectivity index (χ1) is 11.0. The van der Waals surface area contributed by atoms with Crippen LogP contribution < -0.4 is 10.6 Å². The molecule has 0 fully saturated rings. The Bertz CT molecular complexity index is 669. The first-order valence-electron chi connectivity index (χ1n) is 7.93. The predicted octanol–water partition coefficient (Wildman–Crippen LogP) is 3.28. The van der Waals surface area contributed by atoms with Crippen molar-refractivity contribution >= 4 is 17.3 Å². The summed E-state index contributed by atoms with van der Waals surface area (Å²) < 4.78 is 0. The van der Waals surface area contributed by atoms with E-state index in [9.17, 15) is 0 Å². The van der Waals surface area contributed by atoms with Crippen LogP contribution in [0.15, 0.2) is 23.2 Å². The van der Waals surface area contributed by atoms with Crippen molar-refractivity contribution in [2.45, 2.75) is 40.7 Å². The predicted molar refractivity (Wildman–Crippen MR) is 99.4 cm³/mol. The van der Waals surface area contributed by atoms with Crippen molar-refractivity contribution in [1.29, 1.82) is 0 Å². The van der Waals surface area contributed by atoms with Crippen LogP contribution in [0.1, 0.15) is 32.3 Å². The van der Waals surface area contributed by atoms with Crippen LogP contribution in [0.5, 0.6) is 0 Å². The Balaban J connectivity index is 1.81. The second kappa shape index (κ2) is 8.11. The fourth-order valence-electron chi connectivity index (χ4n) is 2.44. The molecule has 0 saturated heterocycles. The highest BCUT2D eigenvalue weighted by atomic mass is 32.1. The van der Waals surface area contributed by atoms with Gasteiger partial charge in [0.2, 0.25) is 0 Å². The Morgan fingerprint density at radius 3 is 2.57 bits per heavy atom. The van der Waals surface area contributed by atoms with Crippen LogP contribution in [-0.4, -0.2) is 24.5 Å². The molecule has 2 aromatic rings. The SMILES string of the molecule is CN=C(NCCc1ccc(C)cc1C)NCc1nc(C)c(C)s1. The molecule has 2 rings (SSSR count). The molecular formula is C18H26N4S. The van der Waals surface area contributed by atoms with Crippen LogP contribution in [0.3, 0.4) is 0 Å². The molecule has 0 bridgehead atoms. The molecular weight excluding hydrogens is 304 g/mol. The average Bonchev–Trinajstić information content (AvgIpc) is 2.83. The van der Waals surface area contributed by atoms with Crippen molar-refractivity contribution in [1.82, 2.24) is 15.6 Å². The van der Waals surface area contributed by atoms with Gasteiger partial charge in [-0.25, -0.2) is 4.98 Å². The molecule has 0 saturated carbocycles. The second-order valence-corrected chi connectivity index (χ2v) is 7.07. The van der Waals surface area contributed by atoms with Crippen molar-refractivity contribution in [3.8, 4) is 0 Å². The maximum atomic E-state index is 4.54. The molecule has 0 aliphatic heterocycles. The molecule has 1 heterocycles. The van der Waals surface area contributed by atoms with Gasteiger partial charge in [-0.15, -0.1) is 11.3 Å². The van der Waals surface area contributed by atoms with Crippen LogP contribution >= 0.6 is 11.3 Å². The van der Waals surface area contributed by atoms with E-state index >= 15 is 0 Å². The quantitative estimate of drug-likeness (QED) is 0.653. The largest absolute Gasteiger partial charge is 0.356 e. The van der Waals surface area contributed by atoms with Crippen molar-refractivity contribution in [2.75, 3.05) is 13.6 Å². The molecule has 124 valence electrons. The molecule has 0 spiro atoms. The maximum absolute atomic E-state index is 4.54. The molecule has 0 atom stereocenters. The van der Waals surface area contributed by atoms with E-state index in [0.29, 0.717) is 6.54 Å². The summed E-state index contributed by atoms with van der Waals surface area (Å²) in [5.74, 6) is 0.820. The first-order valence-corrected chi connectivity index (χ1v) is 8.75. The van der Waals surface area contributed by atoms with Gasteiger partial charge in [0, 0.05) is 18.5 Å². The Morgan fingerprint density at radius 2 is 1.96 bits per heavy atom. The molecule has 1 aromatic carbocycles. The topological polar surface area (TPSA) is 49.3 Å². The lowest BCUT2D eigenvalue weighted by molar-refractivity contribution is 0.788. The highest BCUT2D eigenvalue weighted by Gasteiger charge is 2.05. The van der Waals surface area contributed by atoms with E-state index in [1.165, 1.54) is 21.6 Å². The van der Waals surface area contributed by atoms with Crippen molar-refractivity contribution in [3.05, 3.63) is 50.5 Å². The summed E-state index contributed by atoms with van der Waals surface area (Å²) in [6.07, 6.45) is 0.988. The van der Waals surface area contributed by atoms with E-state index in [1.54, 1.807) is 18.4 Å². The number of aryl methyl sites for hydroxylation is 4. The third kappa shape index (κ3) is 5.06. The number of rotatable bonds is 5. The number of benzene rings is 1. The van der Waals surface area contributed by atoms with E-state index in [2.05, 4.69) is 59.6 Å². The number of nitrogens with one attached hydrogen (secondary N) is 2. The molecule has 4 nitrogen and oxygen atoms in total. The van der Waals surface area contributed by atoms with Crippen molar-refractivity contribution in [2.24, 2.45) is 4.99 Å². The summed E-state index contributed by atoms with van der Waals surface area (Å²) in [7, 11) is 1.80. The summed E-state index contributed by atoms with van der Waals surface area (Å²) >= 11 is 1.73. The molecule has 0 unspecified atom stereocenters. The van der Waals surface area contributed by atoms with E-state index in [0.717, 1.165) is 29.6 Å². The van der Waals surface area contributed by atoms with Gasteiger partial charge < -0.3 is 10.6 Å². The van der Waals surface area contributed by atoms with E-state index in [1.807, 2.05) is 6.92 Å².